The number of likely N-dealkylation sites (N-methyl/N-ethyl adjacent to an activating group) is 1. The van der Waals surface area contributed by atoms with E-state index in [9.17, 15) is 44.0 Å². The molecule has 17 heteroatoms. The molecule has 4 aromatic carbocycles. The molecule has 4 aromatic rings. The molecule has 1 aliphatic carbocycles. The second-order valence-corrected chi connectivity index (χ2v) is 16.2. The zero-order chi connectivity index (χ0) is 37.8. The molecular weight excluding hydrogens is 775 g/mol. The van der Waals surface area contributed by atoms with Gasteiger partial charge in [-0.05, 0) is 83.8 Å². The third kappa shape index (κ3) is 11.5. The van der Waals surface area contributed by atoms with Crippen LogP contribution < -0.4 is 69.1 Å². The molecule has 5 rings (SSSR count). The number of allylic oxidation sites excluding steroid dienone is 3. The fourth-order valence-electron chi connectivity index (χ4n) is 6.05. The van der Waals surface area contributed by atoms with Gasteiger partial charge in [0.05, 0.1) is 9.79 Å². The molecule has 0 aromatic heterocycles. The van der Waals surface area contributed by atoms with E-state index >= 15 is 0 Å². The molecule has 54 heavy (non-hydrogen) atoms. The zero-order valence-electron chi connectivity index (χ0n) is 30.2. The summed E-state index contributed by atoms with van der Waals surface area (Å²) in [5.41, 5.74) is 3.72. The molecule has 0 fully saturated rings. The van der Waals surface area contributed by atoms with Crippen LogP contribution in [0, 0.1) is 0 Å². The molecule has 12 nitrogen and oxygen atoms in total. The van der Waals surface area contributed by atoms with Gasteiger partial charge in [-0.1, -0.05) is 79.8 Å². The Kier molecular flexibility index (Phi) is 16.1. The maximum Gasteiger partial charge on any atom is 1.00 e. The summed E-state index contributed by atoms with van der Waals surface area (Å²) < 4.78 is 103. The van der Waals surface area contributed by atoms with Gasteiger partial charge >= 0.3 is 59.1 Å². The molecule has 0 saturated carbocycles. The average molecular weight is 811 g/mol. The number of anilines is 1. The van der Waals surface area contributed by atoms with Crippen LogP contribution in [0.1, 0.15) is 36.1 Å². The molecule has 0 atom stereocenters. The Balaban J connectivity index is 0.00000392. The molecule has 1 aliphatic rings. The van der Waals surface area contributed by atoms with Gasteiger partial charge in [0.2, 0.25) is 0 Å². The first-order valence-corrected chi connectivity index (χ1v) is 20.4. The predicted molar refractivity (Wildman–Crippen MR) is 194 cm³/mol. The number of benzene rings is 4. The van der Waals surface area contributed by atoms with Crippen molar-refractivity contribution in [3.8, 4) is 5.75 Å². The summed E-state index contributed by atoms with van der Waals surface area (Å²) in [7, 11) is -13.8. The summed E-state index contributed by atoms with van der Waals surface area (Å²) in [5.74, 6) is -0.602. The van der Waals surface area contributed by atoms with Crippen LogP contribution in [0.25, 0.3) is 5.57 Å². The minimum atomic E-state index is -4.82. The van der Waals surface area contributed by atoms with Crippen LogP contribution in [-0.2, 0) is 43.4 Å². The van der Waals surface area contributed by atoms with Crippen molar-refractivity contribution in [2.75, 3.05) is 18.0 Å². The molecule has 0 amide bonds. The summed E-state index contributed by atoms with van der Waals surface area (Å²) in [5, 5.41) is 12.3. The fourth-order valence-corrected chi connectivity index (χ4v) is 7.85. The van der Waals surface area contributed by atoms with Gasteiger partial charge in [0.15, 0.2) is 0 Å². The van der Waals surface area contributed by atoms with Crippen molar-refractivity contribution < 1.29 is 103 Å². The van der Waals surface area contributed by atoms with Crippen molar-refractivity contribution in [3.63, 3.8) is 0 Å². The standard InChI is InChI=1S/C37H38N2O10S3.2Na/c1-3-38(24-26-7-5-9-33(21-26)50(41,42)43)30-15-11-28(12-16-30)37(35-20-19-32(40)23-36(35)52(47,48)49)29-13-17-31(18-14-29)39(4-2)25-27-8-6-10-34(22-27)51(44,45)46;;/h5-23,30,40H,3-4,24-25H2,1-2H3,(H,41,42,43)(H,44,45,46)(H,47,48,49);;/q;2*+1/p-2. The normalized spacial score (nSPS) is 14.3. The number of nitrogens with zero attached hydrogens (tertiary/aromatic N) is 2. The number of rotatable bonds is 13. The van der Waals surface area contributed by atoms with Gasteiger partial charge in [-0.2, -0.15) is 16.8 Å². The minimum absolute atomic E-state index is 0. The van der Waals surface area contributed by atoms with Gasteiger partial charge in [-0.3, -0.25) is 14.0 Å². The predicted octanol–water partition coefficient (Wildman–Crippen LogP) is -0.989. The Hall–Kier alpha value is -2.61. The van der Waals surface area contributed by atoms with E-state index in [2.05, 4.69) is 0 Å². The van der Waals surface area contributed by atoms with Crippen LogP contribution in [0.2, 0.25) is 0 Å². The quantitative estimate of drug-likeness (QED) is 0.124. The first-order chi connectivity index (χ1) is 24.5. The van der Waals surface area contributed by atoms with Crippen molar-refractivity contribution in [1.82, 2.24) is 4.90 Å². The summed E-state index contributed by atoms with van der Waals surface area (Å²) in [6.07, 6.45) is 7.37. The van der Waals surface area contributed by atoms with Crippen LogP contribution in [-0.4, -0.2) is 62.9 Å². The molecule has 0 aliphatic heterocycles. The molecular formula is C37H36N2Na2O10S3. The van der Waals surface area contributed by atoms with Crippen LogP contribution in [0.15, 0.2) is 136 Å². The van der Waals surface area contributed by atoms with Crippen molar-refractivity contribution in [1.29, 1.82) is 0 Å². The second kappa shape index (κ2) is 19.0. The van der Waals surface area contributed by atoms with Crippen LogP contribution in [0.5, 0.6) is 5.75 Å². The van der Waals surface area contributed by atoms with E-state index in [1.54, 1.807) is 42.5 Å². The zero-order valence-corrected chi connectivity index (χ0v) is 36.6. The largest absolute Gasteiger partial charge is 1.00 e. The number of hydrogen-bond donors (Lipinski definition) is 2. The second-order valence-electron chi connectivity index (χ2n) is 12.0. The van der Waals surface area contributed by atoms with E-state index in [4.69, 9.17) is 0 Å². The van der Waals surface area contributed by atoms with Crippen molar-refractivity contribution in [2.24, 2.45) is 0 Å². The first-order valence-electron chi connectivity index (χ1n) is 16.1. The molecule has 0 unspecified atom stereocenters. The Labute approximate surface area is 360 Å². The summed E-state index contributed by atoms with van der Waals surface area (Å²) in [4.78, 5) is 2.93. The van der Waals surface area contributed by atoms with Crippen molar-refractivity contribution in [3.05, 3.63) is 143 Å². The van der Waals surface area contributed by atoms with Crippen LogP contribution in [0.3, 0.4) is 0 Å². The maximum atomic E-state index is 12.5. The smallest absolute Gasteiger partial charge is 0.872 e. The first kappa shape index (κ1) is 45.8. The maximum absolute atomic E-state index is 12.5. The summed E-state index contributed by atoms with van der Waals surface area (Å²) in [6.45, 7) is 5.61. The van der Waals surface area contributed by atoms with E-state index in [1.165, 1.54) is 42.5 Å². The molecule has 0 heterocycles. The van der Waals surface area contributed by atoms with Crippen molar-refractivity contribution in [2.45, 2.75) is 47.7 Å². The Bertz CT molecular complexity index is 2380. The van der Waals surface area contributed by atoms with Gasteiger partial charge in [-0.25, -0.2) is 8.42 Å². The monoisotopic (exact) mass is 810 g/mol. The van der Waals surface area contributed by atoms with E-state index in [-0.39, 0.29) is 80.5 Å². The Morgan fingerprint density at radius 3 is 1.81 bits per heavy atom. The molecule has 0 spiro atoms. The van der Waals surface area contributed by atoms with E-state index < -0.39 is 41.0 Å². The van der Waals surface area contributed by atoms with Gasteiger partial charge in [-0.15, -0.1) is 5.75 Å². The van der Waals surface area contributed by atoms with E-state index in [0.29, 0.717) is 54.0 Å². The Morgan fingerprint density at radius 1 is 0.704 bits per heavy atom. The molecule has 2 N–H and O–H groups in total. The summed E-state index contributed by atoms with van der Waals surface area (Å²) >= 11 is 0. The van der Waals surface area contributed by atoms with Gasteiger partial charge in [0.25, 0.3) is 20.2 Å². The topological polar surface area (TPSA) is 195 Å². The SMILES string of the molecule is CCN(Cc1cccc(S(=O)(=O)O)c1)c1ccc(C(=C2C=CC(N(CC)Cc3cccc(S(=O)(=O)[O-])c3)C=C2)c2ccc([O-])cc2S(=O)(=O)O)cc1.[Na+].[Na+]. The van der Waals surface area contributed by atoms with Gasteiger partial charge < -0.3 is 14.6 Å². The Morgan fingerprint density at radius 2 is 1.28 bits per heavy atom. The van der Waals surface area contributed by atoms with Crippen LogP contribution in [0.4, 0.5) is 5.69 Å². The molecule has 274 valence electrons. The molecule has 0 bridgehead atoms. The van der Waals surface area contributed by atoms with Gasteiger partial charge in [0.1, 0.15) is 15.0 Å². The fraction of sp³-hybridized carbons (Fsp3) is 0.189. The van der Waals surface area contributed by atoms with Crippen LogP contribution >= 0.6 is 0 Å². The third-order valence-corrected chi connectivity index (χ3v) is 11.2. The minimum Gasteiger partial charge on any atom is -0.872 e. The van der Waals surface area contributed by atoms with E-state index in [0.717, 1.165) is 11.8 Å². The van der Waals surface area contributed by atoms with E-state index in [1.807, 2.05) is 47.9 Å². The summed E-state index contributed by atoms with van der Waals surface area (Å²) in [6, 6.07) is 22.2. The average Bonchev–Trinajstić information content (AvgIpc) is 3.10. The molecule has 0 saturated heterocycles. The third-order valence-electron chi connectivity index (χ3n) is 8.61. The van der Waals surface area contributed by atoms with Crippen molar-refractivity contribution >= 4 is 41.6 Å². The van der Waals surface area contributed by atoms with Gasteiger partial charge in [0, 0.05) is 36.9 Å². The molecule has 0 radical (unpaired) electrons. The number of hydrogen-bond acceptors (Lipinski definition) is 10.